The predicted octanol–water partition coefficient (Wildman–Crippen LogP) is 24.6. The van der Waals surface area contributed by atoms with Crippen LogP contribution in [0, 0.1) is 49.4 Å². The minimum absolute atomic E-state index is 0.269. The second-order valence-corrected chi connectivity index (χ2v) is 30.6. The van der Waals surface area contributed by atoms with Gasteiger partial charge in [0.15, 0.2) is 0 Å². The molecule has 8 nitrogen and oxygen atoms in total. The molecular weight excluding hydrogens is 1180 g/mol. The molecule has 0 heterocycles. The van der Waals surface area contributed by atoms with Gasteiger partial charge in [0.25, 0.3) is 0 Å². The van der Waals surface area contributed by atoms with Gasteiger partial charge >= 0.3 is 0 Å². The van der Waals surface area contributed by atoms with Crippen LogP contribution in [0.4, 0.5) is 0 Å². The lowest BCUT2D eigenvalue weighted by molar-refractivity contribution is 0.183. The zero-order valence-corrected chi connectivity index (χ0v) is 62.7. The normalized spacial score (nSPS) is 18.1. The molecular formula is C88H128O8. The van der Waals surface area contributed by atoms with Crippen LogP contribution < -0.4 is 18.9 Å². The zero-order chi connectivity index (χ0) is 69.6. The number of phenolic OH excluding ortho intramolecular Hbond substituents is 4. The second kappa shape index (κ2) is 38.2. The van der Waals surface area contributed by atoms with E-state index in [1.54, 1.807) is 0 Å². The number of unbranched alkanes of at least 4 members (excludes halogenated alkanes) is 8. The molecule has 0 amide bonds. The quantitative estimate of drug-likeness (QED) is 0.0295. The lowest BCUT2D eigenvalue weighted by Crippen LogP contribution is -2.27. The molecule has 96 heavy (non-hydrogen) atoms. The van der Waals surface area contributed by atoms with Crippen molar-refractivity contribution in [1.29, 1.82) is 0 Å². The Balaban J connectivity index is 0.000000271. The molecule has 8 rings (SSSR count). The predicted molar refractivity (Wildman–Crippen MR) is 404 cm³/mol. The molecule has 6 aromatic carbocycles. The van der Waals surface area contributed by atoms with E-state index in [0.717, 1.165) is 168 Å². The molecule has 0 bridgehead atoms. The summed E-state index contributed by atoms with van der Waals surface area (Å²) in [5, 5.41) is 46.1. The maximum absolute atomic E-state index is 11.6. The lowest BCUT2D eigenvalue weighted by Gasteiger charge is -2.38. The number of phenols is 4. The van der Waals surface area contributed by atoms with Gasteiger partial charge in [0.1, 0.15) is 72.4 Å². The summed E-state index contributed by atoms with van der Waals surface area (Å²) in [6, 6.07) is 29.4. The Morgan fingerprint density at radius 1 is 0.375 bits per heavy atom. The average Bonchev–Trinajstić information content (AvgIpc) is 0.813. The summed E-state index contributed by atoms with van der Waals surface area (Å²) in [5.41, 5.74) is 14.7. The Kier molecular flexibility index (Phi) is 30.7. The molecule has 6 aromatic rings. The number of ether oxygens (including phenoxy) is 4. The van der Waals surface area contributed by atoms with E-state index in [1.807, 2.05) is 24.3 Å². The number of aromatic hydroxyl groups is 4. The van der Waals surface area contributed by atoms with Crippen LogP contribution in [0.3, 0.4) is 0 Å². The molecule has 0 spiro atoms. The van der Waals surface area contributed by atoms with Gasteiger partial charge in [-0.25, -0.2) is 0 Å². The summed E-state index contributed by atoms with van der Waals surface area (Å²) < 4.78 is 26.4. The molecule has 2 aliphatic carbocycles. The molecule has 4 N–H and O–H groups in total. The summed E-state index contributed by atoms with van der Waals surface area (Å²) in [6.07, 6.45) is 24.3. The third kappa shape index (κ3) is 21.4. The first-order chi connectivity index (χ1) is 46.1. The number of aryl methyl sites for hydroxylation is 6. The van der Waals surface area contributed by atoms with Crippen molar-refractivity contribution >= 4 is 0 Å². The maximum atomic E-state index is 11.6. The van der Waals surface area contributed by atoms with Gasteiger partial charge < -0.3 is 39.4 Å². The van der Waals surface area contributed by atoms with Crippen LogP contribution in [-0.2, 0) is 25.7 Å². The Morgan fingerprint density at radius 2 is 0.677 bits per heavy atom. The zero-order valence-electron chi connectivity index (χ0n) is 62.7. The van der Waals surface area contributed by atoms with E-state index in [9.17, 15) is 20.4 Å². The fourth-order valence-corrected chi connectivity index (χ4v) is 15.7. The van der Waals surface area contributed by atoms with Crippen LogP contribution in [0.25, 0.3) is 22.3 Å². The van der Waals surface area contributed by atoms with Gasteiger partial charge in [0.2, 0.25) is 0 Å². The fraction of sp³-hybridized carbons (Fsp3) is 0.591. The van der Waals surface area contributed by atoms with Gasteiger partial charge in [-0.3, -0.25) is 0 Å². The Morgan fingerprint density at radius 3 is 0.979 bits per heavy atom. The summed E-state index contributed by atoms with van der Waals surface area (Å²) in [5.74, 6) is 8.84. The molecule has 0 aliphatic heterocycles. The van der Waals surface area contributed by atoms with E-state index >= 15 is 0 Å². The number of benzene rings is 6. The Labute approximate surface area is 582 Å². The Hall–Kier alpha value is -6.28. The SMILES string of the molecule is CCCCCc1cc(O)c(-c2cc(C)ccc2C(C)C)c(OCCOc2cc(CCCCC)cc(O)c2[C@@H]2C[C@@H](C)CC[C@H]2C(C)C)c1.CCCCCc1cc(O)c(-c2cc(C)ccc2C(C)C)c(OCCOc2cc(CCCCC)cc(O)c2[C@@H]2C[C@H](C)CC[C@H]2C(C)C)c1. The van der Waals surface area contributed by atoms with Crippen molar-refractivity contribution in [3.8, 4) is 68.2 Å². The first-order valence-corrected chi connectivity index (χ1v) is 38.2. The van der Waals surface area contributed by atoms with E-state index in [2.05, 4.69) is 171 Å². The van der Waals surface area contributed by atoms with Crippen LogP contribution in [-0.4, -0.2) is 46.9 Å². The van der Waals surface area contributed by atoms with Crippen molar-refractivity contribution in [2.75, 3.05) is 26.4 Å². The molecule has 0 radical (unpaired) electrons. The van der Waals surface area contributed by atoms with Crippen LogP contribution >= 0.6 is 0 Å². The van der Waals surface area contributed by atoms with Gasteiger partial charge in [0.05, 0.1) is 11.1 Å². The minimum atomic E-state index is 0.269. The number of hydrogen-bond acceptors (Lipinski definition) is 8. The highest BCUT2D eigenvalue weighted by molar-refractivity contribution is 5.81. The largest absolute Gasteiger partial charge is 0.508 e. The maximum Gasteiger partial charge on any atom is 0.131 e. The second-order valence-electron chi connectivity index (χ2n) is 30.6. The molecule has 6 atom stereocenters. The van der Waals surface area contributed by atoms with E-state index < -0.39 is 0 Å². The van der Waals surface area contributed by atoms with Crippen LogP contribution in [0.5, 0.6) is 46.0 Å². The van der Waals surface area contributed by atoms with Crippen molar-refractivity contribution in [3.63, 3.8) is 0 Å². The van der Waals surface area contributed by atoms with Crippen molar-refractivity contribution in [2.24, 2.45) is 35.5 Å². The van der Waals surface area contributed by atoms with E-state index in [4.69, 9.17) is 18.9 Å². The molecule has 8 heteroatoms. The topological polar surface area (TPSA) is 118 Å². The molecule has 0 unspecified atom stereocenters. The third-order valence-corrected chi connectivity index (χ3v) is 21.1. The van der Waals surface area contributed by atoms with E-state index in [-0.39, 0.29) is 23.3 Å². The third-order valence-electron chi connectivity index (χ3n) is 21.1. The first-order valence-electron chi connectivity index (χ1n) is 38.2. The molecule has 0 saturated heterocycles. The highest BCUT2D eigenvalue weighted by atomic mass is 16.5. The first kappa shape index (κ1) is 77.1. The summed E-state index contributed by atoms with van der Waals surface area (Å²) in [4.78, 5) is 0. The van der Waals surface area contributed by atoms with E-state index in [1.165, 1.54) is 62.5 Å². The number of hydrogen-bond donors (Lipinski definition) is 4. The summed E-state index contributed by atoms with van der Waals surface area (Å²) in [7, 11) is 0. The molecule has 2 aliphatic rings. The highest BCUT2D eigenvalue weighted by Gasteiger charge is 2.37. The van der Waals surface area contributed by atoms with Crippen LogP contribution in [0.1, 0.15) is 292 Å². The molecule has 2 fully saturated rings. The van der Waals surface area contributed by atoms with Gasteiger partial charge in [-0.05, 0) is 243 Å². The molecule has 2 saturated carbocycles. The van der Waals surface area contributed by atoms with Gasteiger partial charge in [0, 0.05) is 11.1 Å². The smallest absolute Gasteiger partial charge is 0.131 e. The minimum Gasteiger partial charge on any atom is -0.508 e. The number of rotatable bonds is 34. The van der Waals surface area contributed by atoms with Crippen LogP contribution in [0.2, 0.25) is 0 Å². The summed E-state index contributed by atoms with van der Waals surface area (Å²) in [6.45, 7) is 37.2. The van der Waals surface area contributed by atoms with Crippen molar-refractivity contribution in [1.82, 2.24) is 0 Å². The fourth-order valence-electron chi connectivity index (χ4n) is 15.7. The van der Waals surface area contributed by atoms with Gasteiger partial charge in [-0.15, -0.1) is 0 Å². The van der Waals surface area contributed by atoms with E-state index in [0.29, 0.717) is 96.8 Å². The van der Waals surface area contributed by atoms with Crippen molar-refractivity contribution < 1.29 is 39.4 Å². The average molecular weight is 1310 g/mol. The molecule has 528 valence electrons. The van der Waals surface area contributed by atoms with Gasteiger partial charge in [-0.1, -0.05) is 209 Å². The van der Waals surface area contributed by atoms with Gasteiger partial charge in [-0.2, -0.15) is 0 Å². The van der Waals surface area contributed by atoms with Crippen LogP contribution in [0.15, 0.2) is 84.9 Å². The molecule has 0 aromatic heterocycles. The van der Waals surface area contributed by atoms with Crippen molar-refractivity contribution in [3.05, 3.63) is 141 Å². The standard InChI is InChI=1S/2C44H64O4/c2*1-9-11-13-15-33-25-39(45)43(37-23-31(7)17-19-35(37)29(3)4)41(27-33)47-21-22-48-42-28-34(16-14-12-10-2)26-40(46)44(42)38-24-32(8)18-20-36(38)30(5)6/h2*17,19,23,25-30,32,36,38,45-46H,9-16,18,20-22,24H2,1-8H3/t32-,36+,38-;32-,36-,38+/m10/s1. The highest BCUT2D eigenvalue weighted by Crippen LogP contribution is 2.53. The monoisotopic (exact) mass is 1310 g/mol. The van der Waals surface area contributed by atoms with Crippen molar-refractivity contribution in [2.45, 2.75) is 276 Å². The summed E-state index contributed by atoms with van der Waals surface area (Å²) >= 11 is 0. The Bertz CT molecular complexity index is 3130. The lowest BCUT2D eigenvalue weighted by atomic mass is 9.67.